The van der Waals surface area contributed by atoms with Gasteiger partial charge in [-0.15, -0.1) is 0 Å². The molecule has 1 atom stereocenters. The number of hydrogen-bond donors (Lipinski definition) is 1. The smallest absolute Gasteiger partial charge is 0.324 e. The first kappa shape index (κ1) is 14.4. The van der Waals surface area contributed by atoms with Crippen LogP contribution in [0.2, 0.25) is 0 Å². The monoisotopic (exact) mass is 276 g/mol. The zero-order valence-electron chi connectivity index (χ0n) is 11.9. The molecular formula is C15H20N2O3. The lowest BCUT2D eigenvalue weighted by Crippen LogP contribution is -2.44. The minimum atomic E-state index is -0.828. The van der Waals surface area contributed by atoms with Crippen molar-refractivity contribution in [2.24, 2.45) is 0 Å². The average molecular weight is 276 g/mol. The molecule has 0 saturated heterocycles. The molecule has 5 nitrogen and oxygen atoms in total. The van der Waals surface area contributed by atoms with Crippen LogP contribution in [0, 0.1) is 0 Å². The van der Waals surface area contributed by atoms with Crippen LogP contribution in [0.5, 0.6) is 0 Å². The van der Waals surface area contributed by atoms with Crippen LogP contribution in [-0.4, -0.2) is 41.6 Å². The van der Waals surface area contributed by atoms with E-state index in [1.807, 2.05) is 31.2 Å². The fraction of sp³-hybridized carbons (Fsp3) is 0.467. The molecule has 0 aromatic heterocycles. The van der Waals surface area contributed by atoms with Crippen LogP contribution >= 0.6 is 0 Å². The summed E-state index contributed by atoms with van der Waals surface area (Å²) in [6.45, 7) is 2.49. The molecular weight excluding hydrogens is 256 g/mol. The third-order valence-electron chi connectivity index (χ3n) is 3.62. The number of carbonyl (C=O) groups is 2. The molecule has 1 aromatic rings. The van der Waals surface area contributed by atoms with Gasteiger partial charge in [0.1, 0.15) is 0 Å². The first-order valence-electron chi connectivity index (χ1n) is 6.84. The van der Waals surface area contributed by atoms with Crippen LogP contribution in [0.4, 0.5) is 10.5 Å². The summed E-state index contributed by atoms with van der Waals surface area (Å²) in [7, 11) is 1.72. The van der Waals surface area contributed by atoms with Crippen LogP contribution in [0.15, 0.2) is 24.3 Å². The maximum Gasteiger partial charge on any atom is 0.324 e. The Bertz CT molecular complexity index is 516. The highest BCUT2D eigenvalue weighted by Gasteiger charge is 2.32. The van der Waals surface area contributed by atoms with Crippen LogP contribution in [0.25, 0.3) is 0 Å². The number of anilines is 1. The molecule has 20 heavy (non-hydrogen) atoms. The molecule has 0 aliphatic carbocycles. The Labute approximate surface area is 118 Å². The fourth-order valence-corrected chi connectivity index (χ4v) is 2.60. The summed E-state index contributed by atoms with van der Waals surface area (Å²) >= 11 is 0. The second-order valence-electron chi connectivity index (χ2n) is 5.25. The number of hydrogen-bond acceptors (Lipinski definition) is 2. The lowest BCUT2D eigenvalue weighted by Gasteiger charge is -2.28. The number of carboxylic acids is 1. The Morgan fingerprint density at radius 2 is 2.10 bits per heavy atom. The van der Waals surface area contributed by atoms with Gasteiger partial charge < -0.3 is 10.0 Å². The highest BCUT2D eigenvalue weighted by atomic mass is 16.4. The summed E-state index contributed by atoms with van der Waals surface area (Å²) in [5, 5.41) is 8.63. The molecule has 1 heterocycles. The molecule has 108 valence electrons. The molecule has 5 heteroatoms. The van der Waals surface area contributed by atoms with Crippen molar-refractivity contribution in [3.8, 4) is 0 Å². The van der Waals surface area contributed by atoms with Crippen molar-refractivity contribution >= 4 is 17.7 Å². The minimum absolute atomic E-state index is 0.0622. The normalized spacial score (nSPS) is 16.9. The van der Waals surface area contributed by atoms with Gasteiger partial charge in [-0.3, -0.25) is 9.69 Å². The third kappa shape index (κ3) is 2.92. The van der Waals surface area contributed by atoms with E-state index in [1.54, 1.807) is 16.8 Å². The van der Waals surface area contributed by atoms with E-state index in [0.717, 1.165) is 12.1 Å². The van der Waals surface area contributed by atoms with Crippen LogP contribution in [0.1, 0.15) is 25.3 Å². The molecule has 1 unspecified atom stereocenters. The first-order chi connectivity index (χ1) is 9.50. The number of benzene rings is 1. The van der Waals surface area contributed by atoms with Gasteiger partial charge in [0.05, 0.1) is 0 Å². The largest absolute Gasteiger partial charge is 0.481 e. The molecule has 1 aliphatic heterocycles. The Morgan fingerprint density at radius 1 is 1.40 bits per heavy atom. The summed E-state index contributed by atoms with van der Waals surface area (Å²) < 4.78 is 0. The molecule has 0 saturated carbocycles. The lowest BCUT2D eigenvalue weighted by atomic mass is 10.1. The number of nitrogens with zero attached hydrogens (tertiary/aromatic N) is 2. The second kappa shape index (κ2) is 5.94. The third-order valence-corrected chi connectivity index (χ3v) is 3.62. The Morgan fingerprint density at radius 3 is 2.80 bits per heavy atom. The van der Waals surface area contributed by atoms with Gasteiger partial charge in [0.25, 0.3) is 0 Å². The van der Waals surface area contributed by atoms with Crippen molar-refractivity contribution in [1.29, 1.82) is 0 Å². The maximum absolute atomic E-state index is 12.5. The minimum Gasteiger partial charge on any atom is -0.481 e. The molecule has 0 radical (unpaired) electrons. The van der Waals surface area contributed by atoms with E-state index < -0.39 is 5.97 Å². The number of carboxylic acid groups (broad SMARTS) is 1. The van der Waals surface area contributed by atoms with E-state index in [1.165, 1.54) is 5.56 Å². The summed E-state index contributed by atoms with van der Waals surface area (Å²) in [6, 6.07) is 8.00. The summed E-state index contributed by atoms with van der Waals surface area (Å²) in [4.78, 5) is 26.4. The van der Waals surface area contributed by atoms with Crippen LogP contribution < -0.4 is 4.90 Å². The molecule has 0 bridgehead atoms. The van der Waals surface area contributed by atoms with Gasteiger partial charge in [-0.25, -0.2) is 4.79 Å². The van der Waals surface area contributed by atoms with Crippen molar-refractivity contribution in [3.05, 3.63) is 29.8 Å². The van der Waals surface area contributed by atoms with E-state index in [2.05, 4.69) is 0 Å². The summed E-state index contributed by atoms with van der Waals surface area (Å²) in [6.07, 6.45) is 1.43. The quantitative estimate of drug-likeness (QED) is 0.918. The van der Waals surface area contributed by atoms with Gasteiger partial charge in [0.2, 0.25) is 0 Å². The zero-order chi connectivity index (χ0) is 14.7. The second-order valence-corrected chi connectivity index (χ2v) is 5.25. The number of urea groups is 1. The molecule has 1 N–H and O–H groups in total. The number of aliphatic carboxylic acids is 1. The van der Waals surface area contributed by atoms with Crippen molar-refractivity contribution in [1.82, 2.24) is 4.90 Å². The van der Waals surface area contributed by atoms with Crippen molar-refractivity contribution in [2.75, 3.05) is 18.5 Å². The fourth-order valence-electron chi connectivity index (χ4n) is 2.60. The molecule has 2 amide bonds. The van der Waals surface area contributed by atoms with Gasteiger partial charge in [0, 0.05) is 31.7 Å². The highest BCUT2D eigenvalue weighted by Crippen LogP contribution is 2.32. The predicted octanol–water partition coefficient (Wildman–Crippen LogP) is 2.35. The Hall–Kier alpha value is -2.04. The Balaban J connectivity index is 2.03. The topological polar surface area (TPSA) is 60.9 Å². The van der Waals surface area contributed by atoms with Crippen LogP contribution in [0.3, 0.4) is 0 Å². The van der Waals surface area contributed by atoms with E-state index >= 15 is 0 Å². The first-order valence-corrected chi connectivity index (χ1v) is 6.84. The average Bonchev–Trinajstić information content (AvgIpc) is 2.73. The van der Waals surface area contributed by atoms with Gasteiger partial charge in [-0.2, -0.15) is 0 Å². The van der Waals surface area contributed by atoms with Crippen LogP contribution in [-0.2, 0) is 11.2 Å². The van der Waals surface area contributed by atoms with Gasteiger partial charge in [0.15, 0.2) is 0 Å². The Kier molecular flexibility index (Phi) is 4.27. The summed E-state index contributed by atoms with van der Waals surface area (Å²) in [5.74, 6) is -0.828. The number of amides is 2. The molecule has 1 aromatic carbocycles. The van der Waals surface area contributed by atoms with Gasteiger partial charge >= 0.3 is 12.0 Å². The molecule has 1 aliphatic rings. The number of carbonyl (C=O) groups excluding carboxylic acids is 1. The molecule has 0 spiro atoms. The predicted molar refractivity (Wildman–Crippen MR) is 77.0 cm³/mol. The van der Waals surface area contributed by atoms with E-state index in [9.17, 15) is 9.59 Å². The van der Waals surface area contributed by atoms with Crippen molar-refractivity contribution in [3.63, 3.8) is 0 Å². The zero-order valence-corrected chi connectivity index (χ0v) is 11.9. The van der Waals surface area contributed by atoms with Crippen molar-refractivity contribution < 1.29 is 14.7 Å². The number of para-hydroxylation sites is 1. The lowest BCUT2D eigenvalue weighted by molar-refractivity contribution is -0.137. The van der Waals surface area contributed by atoms with E-state index in [-0.39, 0.29) is 18.5 Å². The highest BCUT2D eigenvalue weighted by molar-refractivity contribution is 5.94. The van der Waals surface area contributed by atoms with E-state index in [0.29, 0.717) is 13.0 Å². The maximum atomic E-state index is 12.5. The van der Waals surface area contributed by atoms with Gasteiger partial charge in [-0.1, -0.05) is 18.2 Å². The number of rotatable bonds is 4. The van der Waals surface area contributed by atoms with E-state index in [4.69, 9.17) is 5.11 Å². The summed E-state index contributed by atoms with van der Waals surface area (Å²) in [5.41, 5.74) is 2.15. The SMILES string of the molecule is CC1Cc2ccccc2N1C(=O)N(C)CCCC(=O)O. The molecule has 0 fully saturated rings. The van der Waals surface area contributed by atoms with Gasteiger partial charge in [-0.05, 0) is 31.4 Å². The molecule has 2 rings (SSSR count). The van der Waals surface area contributed by atoms with Crippen molar-refractivity contribution in [2.45, 2.75) is 32.2 Å². The number of fused-ring (bicyclic) bond motifs is 1. The standard InChI is InChI=1S/C15H20N2O3/c1-11-10-12-6-3-4-7-13(12)17(11)15(20)16(2)9-5-8-14(18)19/h3-4,6-7,11H,5,8-10H2,1-2H3,(H,18,19).